The molecule has 17 heavy (non-hydrogen) atoms. The Morgan fingerprint density at radius 3 is 2.06 bits per heavy atom. The fraction of sp³-hybridized carbons (Fsp3) is 0.417. The van der Waals surface area contributed by atoms with Gasteiger partial charge >= 0.3 is 5.97 Å². The molecule has 0 heterocycles. The van der Waals surface area contributed by atoms with Crippen LogP contribution in [-0.2, 0) is 4.79 Å². The van der Waals surface area contributed by atoms with Gasteiger partial charge in [-0.25, -0.2) is 0 Å². The number of carbonyl (C=O) groups is 1. The predicted molar refractivity (Wildman–Crippen MR) is 62.1 cm³/mol. The highest BCUT2D eigenvalue weighted by Crippen LogP contribution is 2.41. The van der Waals surface area contributed by atoms with Crippen molar-refractivity contribution in [1.82, 2.24) is 0 Å². The predicted octanol–water partition coefficient (Wildman–Crippen LogP) is 1.90. The summed E-state index contributed by atoms with van der Waals surface area (Å²) in [6, 6.07) is 3.34. The van der Waals surface area contributed by atoms with Crippen LogP contribution in [0.2, 0.25) is 0 Å². The van der Waals surface area contributed by atoms with Crippen LogP contribution in [0.15, 0.2) is 12.1 Å². The van der Waals surface area contributed by atoms with Gasteiger partial charge in [0.05, 0.1) is 32.8 Å². The standard InChI is InChI=1S/C12H16O5/c1-7(12(13)14)10-8(15-2)5-6-9(16-3)11(10)17-4/h5-7H,1-4H3,(H,13,14). The van der Waals surface area contributed by atoms with Gasteiger partial charge in [-0.3, -0.25) is 4.79 Å². The van der Waals surface area contributed by atoms with E-state index in [4.69, 9.17) is 19.3 Å². The molecule has 5 nitrogen and oxygen atoms in total. The molecule has 94 valence electrons. The second kappa shape index (κ2) is 5.43. The van der Waals surface area contributed by atoms with Crippen molar-refractivity contribution >= 4 is 5.97 Å². The van der Waals surface area contributed by atoms with Gasteiger partial charge in [-0.1, -0.05) is 0 Å². The second-order valence-electron chi connectivity index (χ2n) is 3.48. The molecule has 1 atom stereocenters. The van der Waals surface area contributed by atoms with Gasteiger partial charge in [-0.2, -0.15) is 0 Å². The third kappa shape index (κ3) is 2.43. The van der Waals surface area contributed by atoms with E-state index in [9.17, 15) is 4.79 Å². The molecule has 0 amide bonds. The van der Waals surface area contributed by atoms with Crippen LogP contribution in [0.3, 0.4) is 0 Å². The molecule has 0 saturated carbocycles. The molecule has 0 fully saturated rings. The summed E-state index contributed by atoms with van der Waals surface area (Å²) >= 11 is 0. The van der Waals surface area contributed by atoms with Gasteiger partial charge in [0, 0.05) is 0 Å². The Hall–Kier alpha value is -1.91. The minimum atomic E-state index is -0.949. The normalized spacial score (nSPS) is 11.8. The molecule has 1 N–H and O–H groups in total. The van der Waals surface area contributed by atoms with Gasteiger partial charge in [0.1, 0.15) is 5.75 Å². The average Bonchev–Trinajstić information content (AvgIpc) is 2.35. The van der Waals surface area contributed by atoms with Crippen molar-refractivity contribution in [2.24, 2.45) is 0 Å². The van der Waals surface area contributed by atoms with E-state index in [2.05, 4.69) is 0 Å². The largest absolute Gasteiger partial charge is 0.496 e. The van der Waals surface area contributed by atoms with E-state index in [1.54, 1.807) is 19.1 Å². The maximum absolute atomic E-state index is 11.1. The summed E-state index contributed by atoms with van der Waals surface area (Å²) in [5.74, 6) is -0.347. The highest BCUT2D eigenvalue weighted by atomic mass is 16.5. The molecular formula is C12H16O5. The summed E-state index contributed by atoms with van der Waals surface area (Å²) in [5.41, 5.74) is 0.474. The van der Waals surface area contributed by atoms with E-state index in [0.29, 0.717) is 22.8 Å². The van der Waals surface area contributed by atoms with Crippen LogP contribution in [0, 0.1) is 0 Å². The Bertz CT molecular complexity index is 414. The van der Waals surface area contributed by atoms with E-state index in [0.717, 1.165) is 0 Å². The first kappa shape index (κ1) is 13.2. The number of rotatable bonds is 5. The molecular weight excluding hydrogens is 224 g/mol. The number of carboxylic acids is 1. The van der Waals surface area contributed by atoms with Crippen LogP contribution in [0.4, 0.5) is 0 Å². The second-order valence-corrected chi connectivity index (χ2v) is 3.48. The Morgan fingerprint density at radius 1 is 1.12 bits per heavy atom. The number of ether oxygens (including phenoxy) is 3. The average molecular weight is 240 g/mol. The maximum Gasteiger partial charge on any atom is 0.310 e. The summed E-state index contributed by atoms with van der Waals surface area (Å²) < 4.78 is 15.5. The Morgan fingerprint density at radius 2 is 1.65 bits per heavy atom. The zero-order valence-electron chi connectivity index (χ0n) is 10.3. The lowest BCUT2D eigenvalue weighted by Crippen LogP contribution is -2.11. The molecule has 1 aromatic carbocycles. The molecule has 0 spiro atoms. The van der Waals surface area contributed by atoms with Crippen LogP contribution in [0.25, 0.3) is 0 Å². The highest BCUT2D eigenvalue weighted by Gasteiger charge is 2.25. The van der Waals surface area contributed by atoms with Gasteiger partial charge in [-0.05, 0) is 19.1 Å². The number of benzene rings is 1. The number of hydrogen-bond donors (Lipinski definition) is 1. The molecule has 0 aromatic heterocycles. The van der Waals surface area contributed by atoms with E-state index >= 15 is 0 Å². The maximum atomic E-state index is 11.1. The number of hydrogen-bond acceptors (Lipinski definition) is 4. The van der Waals surface area contributed by atoms with Gasteiger partial charge in [0.2, 0.25) is 0 Å². The van der Waals surface area contributed by atoms with Crippen LogP contribution in [0.1, 0.15) is 18.4 Å². The fourth-order valence-corrected chi connectivity index (χ4v) is 1.64. The van der Waals surface area contributed by atoms with E-state index < -0.39 is 11.9 Å². The van der Waals surface area contributed by atoms with Crippen molar-refractivity contribution < 1.29 is 24.1 Å². The van der Waals surface area contributed by atoms with Crippen LogP contribution >= 0.6 is 0 Å². The Balaban J connectivity index is 3.44. The molecule has 1 rings (SSSR count). The van der Waals surface area contributed by atoms with Crippen molar-refractivity contribution in [3.63, 3.8) is 0 Å². The third-order valence-electron chi connectivity index (χ3n) is 2.57. The monoisotopic (exact) mass is 240 g/mol. The summed E-state index contributed by atoms with van der Waals surface area (Å²) in [4.78, 5) is 11.1. The van der Waals surface area contributed by atoms with Gasteiger partial charge in [-0.15, -0.1) is 0 Å². The zero-order chi connectivity index (χ0) is 13.0. The molecule has 0 radical (unpaired) electrons. The summed E-state index contributed by atoms with van der Waals surface area (Å²) in [6.07, 6.45) is 0. The number of methoxy groups -OCH3 is 3. The lowest BCUT2D eigenvalue weighted by atomic mass is 9.98. The van der Waals surface area contributed by atoms with Crippen LogP contribution in [-0.4, -0.2) is 32.4 Å². The van der Waals surface area contributed by atoms with Crippen LogP contribution in [0.5, 0.6) is 17.2 Å². The van der Waals surface area contributed by atoms with E-state index in [1.165, 1.54) is 21.3 Å². The Kier molecular flexibility index (Phi) is 4.20. The first-order chi connectivity index (χ1) is 8.06. The molecule has 0 saturated heterocycles. The highest BCUT2D eigenvalue weighted by molar-refractivity contribution is 5.79. The van der Waals surface area contributed by atoms with Gasteiger partial charge < -0.3 is 19.3 Å². The molecule has 0 aliphatic carbocycles. The van der Waals surface area contributed by atoms with Crippen molar-refractivity contribution in [3.05, 3.63) is 17.7 Å². The van der Waals surface area contributed by atoms with Crippen molar-refractivity contribution in [2.45, 2.75) is 12.8 Å². The molecule has 1 unspecified atom stereocenters. The lowest BCUT2D eigenvalue weighted by molar-refractivity contribution is -0.138. The van der Waals surface area contributed by atoms with Crippen molar-refractivity contribution in [1.29, 1.82) is 0 Å². The van der Waals surface area contributed by atoms with E-state index in [1.807, 2.05) is 0 Å². The van der Waals surface area contributed by atoms with Gasteiger partial charge in [0.15, 0.2) is 11.5 Å². The molecule has 0 aliphatic heterocycles. The minimum Gasteiger partial charge on any atom is -0.496 e. The van der Waals surface area contributed by atoms with Crippen molar-refractivity contribution in [2.75, 3.05) is 21.3 Å². The molecule has 5 heteroatoms. The zero-order valence-corrected chi connectivity index (χ0v) is 10.3. The Labute approximate surface area is 99.9 Å². The number of carboxylic acid groups (broad SMARTS) is 1. The first-order valence-electron chi connectivity index (χ1n) is 5.08. The minimum absolute atomic E-state index is 0.391. The number of aliphatic carboxylic acids is 1. The SMILES string of the molecule is COc1ccc(OC)c(C(C)C(=O)O)c1OC. The van der Waals surface area contributed by atoms with E-state index in [-0.39, 0.29) is 0 Å². The topological polar surface area (TPSA) is 65.0 Å². The lowest BCUT2D eigenvalue weighted by Gasteiger charge is -2.18. The van der Waals surface area contributed by atoms with Gasteiger partial charge in [0.25, 0.3) is 0 Å². The smallest absolute Gasteiger partial charge is 0.310 e. The quantitative estimate of drug-likeness (QED) is 0.851. The summed E-state index contributed by atoms with van der Waals surface area (Å²) in [6.45, 7) is 1.57. The van der Waals surface area contributed by atoms with Crippen molar-refractivity contribution in [3.8, 4) is 17.2 Å². The summed E-state index contributed by atoms with van der Waals surface area (Å²) in [5, 5.41) is 9.09. The molecule has 1 aromatic rings. The summed E-state index contributed by atoms with van der Waals surface area (Å²) in [7, 11) is 4.45. The third-order valence-corrected chi connectivity index (χ3v) is 2.57. The molecule has 0 aliphatic rings. The van der Waals surface area contributed by atoms with Crippen LogP contribution < -0.4 is 14.2 Å². The molecule has 0 bridgehead atoms. The fourth-order valence-electron chi connectivity index (χ4n) is 1.64. The first-order valence-corrected chi connectivity index (χ1v) is 5.08.